The number of pyridine rings is 1. The molecule has 130 valence electrons. The van der Waals surface area contributed by atoms with Gasteiger partial charge in [0.1, 0.15) is 5.60 Å². The average molecular weight is 339 g/mol. The summed E-state index contributed by atoms with van der Waals surface area (Å²) in [5.41, 5.74) is 1.26. The molecule has 0 radical (unpaired) electrons. The molecule has 3 N–H and O–H groups in total. The van der Waals surface area contributed by atoms with Crippen LogP contribution in [0.15, 0.2) is 48.9 Å². The number of nitrogens with one attached hydrogen (secondary N) is 2. The zero-order valence-corrected chi connectivity index (χ0v) is 14.2. The van der Waals surface area contributed by atoms with Gasteiger partial charge in [0.25, 0.3) is 0 Å². The van der Waals surface area contributed by atoms with Crippen LogP contribution in [-0.2, 0) is 19.2 Å². The maximum Gasteiger partial charge on any atom is 0.315 e. The molecule has 0 saturated carbocycles. The van der Waals surface area contributed by atoms with E-state index in [1.807, 2.05) is 30.3 Å². The van der Waals surface area contributed by atoms with E-state index in [1.54, 1.807) is 37.2 Å². The van der Waals surface area contributed by atoms with E-state index in [0.717, 1.165) is 16.5 Å². The number of para-hydroxylation sites is 1. The summed E-state index contributed by atoms with van der Waals surface area (Å²) in [5.74, 6) is 0. The van der Waals surface area contributed by atoms with E-state index in [-0.39, 0.29) is 12.6 Å². The lowest BCUT2D eigenvalue weighted by Gasteiger charge is -2.22. The molecule has 25 heavy (non-hydrogen) atoms. The number of carbonyl (C=O) groups excluding carboxylic acids is 1. The molecule has 0 saturated heterocycles. The van der Waals surface area contributed by atoms with Crippen LogP contribution >= 0.6 is 0 Å². The van der Waals surface area contributed by atoms with Crippen LogP contribution in [0.3, 0.4) is 0 Å². The lowest BCUT2D eigenvalue weighted by molar-refractivity contribution is 0.0593. The Balaban J connectivity index is 1.58. The van der Waals surface area contributed by atoms with E-state index < -0.39 is 5.60 Å². The van der Waals surface area contributed by atoms with E-state index >= 15 is 0 Å². The van der Waals surface area contributed by atoms with Crippen LogP contribution in [0.4, 0.5) is 4.79 Å². The number of carbonyl (C=O) groups is 1. The van der Waals surface area contributed by atoms with E-state index in [1.165, 1.54) is 0 Å². The zero-order chi connectivity index (χ0) is 17.9. The molecule has 2 aromatic heterocycles. The van der Waals surface area contributed by atoms with Crippen LogP contribution in [-0.4, -0.2) is 32.4 Å². The number of hydrogen-bond acceptors (Lipinski definition) is 4. The Labute approximate surface area is 145 Å². The second-order valence-corrected chi connectivity index (χ2v) is 6.21. The second-order valence-electron chi connectivity index (χ2n) is 6.21. The maximum absolute atomic E-state index is 12.1. The third-order valence-electron chi connectivity index (χ3n) is 4.08. The quantitative estimate of drug-likeness (QED) is 0.659. The molecular formula is C18H21N5O2. The summed E-state index contributed by atoms with van der Waals surface area (Å²) in [5, 5.41) is 21.0. The molecule has 7 heteroatoms. The molecule has 2 amide bonds. The van der Waals surface area contributed by atoms with Gasteiger partial charge in [-0.2, -0.15) is 5.10 Å². The van der Waals surface area contributed by atoms with Gasteiger partial charge >= 0.3 is 6.03 Å². The molecule has 0 aliphatic carbocycles. The fourth-order valence-corrected chi connectivity index (χ4v) is 2.60. The lowest BCUT2D eigenvalue weighted by Crippen LogP contribution is -2.43. The highest BCUT2D eigenvalue weighted by atomic mass is 16.3. The van der Waals surface area contributed by atoms with Crippen molar-refractivity contribution in [3.8, 4) is 0 Å². The van der Waals surface area contributed by atoms with E-state index in [9.17, 15) is 9.90 Å². The van der Waals surface area contributed by atoms with Gasteiger partial charge in [0, 0.05) is 36.9 Å². The van der Waals surface area contributed by atoms with Crippen LogP contribution in [0.25, 0.3) is 10.9 Å². The lowest BCUT2D eigenvalue weighted by atomic mass is 10.00. The SMILES string of the molecule is Cn1cc(C(C)(O)CNC(=O)NCc2cccc3cccnc23)cn1. The fraction of sp³-hybridized carbons (Fsp3) is 0.278. The summed E-state index contributed by atoms with van der Waals surface area (Å²) in [7, 11) is 1.78. The number of hydrogen-bond donors (Lipinski definition) is 3. The second kappa shape index (κ2) is 6.90. The van der Waals surface area contributed by atoms with Gasteiger partial charge < -0.3 is 15.7 Å². The van der Waals surface area contributed by atoms with Crippen molar-refractivity contribution in [2.24, 2.45) is 7.05 Å². The maximum atomic E-state index is 12.1. The van der Waals surface area contributed by atoms with Crippen molar-refractivity contribution in [2.75, 3.05) is 6.54 Å². The van der Waals surface area contributed by atoms with Crippen molar-refractivity contribution in [3.05, 3.63) is 60.0 Å². The highest BCUT2D eigenvalue weighted by Gasteiger charge is 2.25. The summed E-state index contributed by atoms with van der Waals surface area (Å²) in [4.78, 5) is 16.4. The van der Waals surface area contributed by atoms with Crippen LogP contribution in [0.1, 0.15) is 18.1 Å². The number of aromatic nitrogens is 3. The average Bonchev–Trinajstić information content (AvgIpc) is 3.05. The molecule has 2 heterocycles. The van der Waals surface area contributed by atoms with Gasteiger partial charge in [0.15, 0.2) is 0 Å². The minimum absolute atomic E-state index is 0.0817. The predicted octanol–water partition coefficient (Wildman–Crippen LogP) is 1.68. The summed E-state index contributed by atoms with van der Waals surface area (Å²) >= 11 is 0. The highest BCUT2D eigenvalue weighted by Crippen LogP contribution is 2.18. The molecule has 1 unspecified atom stereocenters. The van der Waals surface area contributed by atoms with Gasteiger partial charge in [-0.05, 0) is 18.6 Å². The molecule has 0 bridgehead atoms. The Hall–Kier alpha value is -2.93. The molecule has 1 aromatic carbocycles. The van der Waals surface area contributed by atoms with Gasteiger partial charge in [0.2, 0.25) is 0 Å². The van der Waals surface area contributed by atoms with Gasteiger partial charge in [-0.3, -0.25) is 9.67 Å². The number of nitrogens with zero attached hydrogens (tertiary/aromatic N) is 3. The first-order valence-electron chi connectivity index (χ1n) is 8.01. The van der Waals surface area contributed by atoms with Crippen molar-refractivity contribution in [2.45, 2.75) is 19.1 Å². The van der Waals surface area contributed by atoms with E-state index in [4.69, 9.17) is 0 Å². The molecule has 1 atom stereocenters. The Morgan fingerprint density at radius 2 is 2.08 bits per heavy atom. The van der Waals surface area contributed by atoms with Crippen molar-refractivity contribution in [1.82, 2.24) is 25.4 Å². The molecule has 7 nitrogen and oxygen atoms in total. The number of fused-ring (bicyclic) bond motifs is 1. The first kappa shape index (κ1) is 16.9. The van der Waals surface area contributed by atoms with Crippen molar-refractivity contribution >= 4 is 16.9 Å². The Morgan fingerprint density at radius 3 is 2.84 bits per heavy atom. The zero-order valence-electron chi connectivity index (χ0n) is 14.2. The first-order valence-corrected chi connectivity index (χ1v) is 8.01. The van der Waals surface area contributed by atoms with E-state index in [0.29, 0.717) is 12.1 Å². The van der Waals surface area contributed by atoms with Gasteiger partial charge in [-0.1, -0.05) is 24.3 Å². The fourth-order valence-electron chi connectivity index (χ4n) is 2.60. The summed E-state index contributed by atoms with van der Waals surface area (Å²) in [6.07, 6.45) is 5.04. The smallest absolute Gasteiger partial charge is 0.315 e. The Bertz CT molecular complexity index is 883. The predicted molar refractivity (Wildman–Crippen MR) is 94.8 cm³/mol. The minimum Gasteiger partial charge on any atom is -0.383 e. The molecule has 3 rings (SSSR count). The van der Waals surface area contributed by atoms with Gasteiger partial charge in [-0.15, -0.1) is 0 Å². The van der Waals surface area contributed by atoms with Crippen molar-refractivity contribution in [1.29, 1.82) is 0 Å². The number of amides is 2. The standard InChI is InChI=1S/C18H21N5O2/c1-18(25,15-10-22-23(2)11-15)12-21-17(24)20-9-14-6-3-5-13-7-4-8-19-16(13)14/h3-8,10-11,25H,9,12H2,1-2H3,(H2,20,21,24). The Kier molecular flexibility index (Phi) is 4.67. The minimum atomic E-state index is -1.19. The first-order chi connectivity index (χ1) is 12.0. The van der Waals surface area contributed by atoms with Gasteiger partial charge in [0.05, 0.1) is 18.3 Å². The van der Waals surface area contributed by atoms with Gasteiger partial charge in [-0.25, -0.2) is 4.79 Å². The Morgan fingerprint density at radius 1 is 1.28 bits per heavy atom. The van der Waals surface area contributed by atoms with Crippen LogP contribution in [0.5, 0.6) is 0 Å². The van der Waals surface area contributed by atoms with Crippen LogP contribution in [0.2, 0.25) is 0 Å². The van der Waals surface area contributed by atoms with Crippen LogP contribution in [0, 0.1) is 0 Å². The number of urea groups is 1. The monoisotopic (exact) mass is 339 g/mol. The van der Waals surface area contributed by atoms with Crippen molar-refractivity contribution in [3.63, 3.8) is 0 Å². The number of rotatable bonds is 5. The van der Waals surface area contributed by atoms with Crippen molar-refractivity contribution < 1.29 is 9.90 Å². The molecule has 0 fully saturated rings. The third-order valence-corrected chi connectivity index (χ3v) is 4.08. The normalized spacial score (nSPS) is 13.4. The van der Waals surface area contributed by atoms with Crippen LogP contribution < -0.4 is 10.6 Å². The number of aliphatic hydroxyl groups is 1. The topological polar surface area (TPSA) is 92.1 Å². The summed E-state index contributed by atoms with van der Waals surface area (Å²) in [6.45, 7) is 2.08. The third kappa shape index (κ3) is 3.95. The number of benzene rings is 1. The largest absolute Gasteiger partial charge is 0.383 e. The summed E-state index contributed by atoms with van der Waals surface area (Å²) in [6, 6.07) is 9.37. The molecule has 0 aliphatic heterocycles. The molecule has 3 aromatic rings. The molecule has 0 spiro atoms. The molecular weight excluding hydrogens is 318 g/mol. The number of aryl methyl sites for hydroxylation is 1. The molecule has 0 aliphatic rings. The van der Waals surface area contributed by atoms with E-state index in [2.05, 4.69) is 20.7 Å². The highest BCUT2D eigenvalue weighted by molar-refractivity contribution is 5.82. The summed E-state index contributed by atoms with van der Waals surface area (Å²) < 4.78 is 1.61.